The minimum absolute atomic E-state index is 0.0257. The van der Waals surface area contributed by atoms with Gasteiger partial charge in [0.05, 0.1) is 22.0 Å². The Morgan fingerprint density at radius 3 is 2.29 bits per heavy atom. The Kier molecular flexibility index (Phi) is 6.92. The van der Waals surface area contributed by atoms with E-state index in [-0.39, 0.29) is 23.2 Å². The highest BCUT2D eigenvalue weighted by atomic mass is 32.2. The van der Waals surface area contributed by atoms with Gasteiger partial charge in [-0.25, -0.2) is 0 Å². The normalized spacial score (nSPS) is 19.4. The van der Waals surface area contributed by atoms with E-state index in [1.54, 1.807) is 0 Å². The molecule has 0 aliphatic carbocycles. The van der Waals surface area contributed by atoms with Crippen molar-refractivity contribution < 1.29 is 19.1 Å². The Labute approximate surface area is 227 Å². The number of thioether (sulfide) groups is 1. The lowest BCUT2D eigenvalue weighted by Gasteiger charge is -2.50. The molecule has 2 unspecified atom stereocenters. The predicted molar refractivity (Wildman–Crippen MR) is 150 cm³/mol. The molecular weight excluding hydrogens is 498 g/mol. The molecule has 2 heterocycles. The van der Waals surface area contributed by atoms with Crippen LogP contribution in [0.1, 0.15) is 42.3 Å². The van der Waals surface area contributed by atoms with Crippen LogP contribution in [0, 0.1) is 6.92 Å². The van der Waals surface area contributed by atoms with Crippen molar-refractivity contribution in [3.8, 4) is 5.75 Å². The van der Waals surface area contributed by atoms with Crippen molar-refractivity contribution in [2.24, 2.45) is 0 Å². The number of para-hydroxylation sites is 1. The third-order valence-corrected chi connectivity index (χ3v) is 8.01. The number of carbonyl (C=O) groups excluding carboxylic acids is 3. The topological polar surface area (TPSA) is 79.0 Å². The Balaban J connectivity index is 1.33. The van der Waals surface area contributed by atoms with Crippen molar-refractivity contribution in [3.05, 3.63) is 89.5 Å². The molecule has 0 spiro atoms. The molecule has 2 aliphatic heterocycles. The van der Waals surface area contributed by atoms with E-state index in [1.807, 2.05) is 74.2 Å². The van der Waals surface area contributed by atoms with Crippen LogP contribution in [0.5, 0.6) is 5.75 Å². The summed E-state index contributed by atoms with van der Waals surface area (Å²) in [5.74, 6) is 0.403. The average Bonchev–Trinajstić information content (AvgIpc) is 3.21. The van der Waals surface area contributed by atoms with Gasteiger partial charge in [0.1, 0.15) is 18.5 Å². The molecule has 7 nitrogen and oxygen atoms in total. The van der Waals surface area contributed by atoms with Gasteiger partial charge in [0.25, 0.3) is 11.1 Å². The first-order valence-electron chi connectivity index (χ1n) is 12.7. The summed E-state index contributed by atoms with van der Waals surface area (Å²) in [5, 5.41) is 1.62. The number of benzene rings is 3. The van der Waals surface area contributed by atoms with Crippen LogP contribution in [0.15, 0.2) is 72.8 Å². The molecule has 1 fully saturated rings. The van der Waals surface area contributed by atoms with E-state index in [9.17, 15) is 14.4 Å². The fourth-order valence-corrected chi connectivity index (χ4v) is 5.97. The number of amides is 3. The van der Waals surface area contributed by atoms with E-state index < -0.39 is 10.8 Å². The van der Waals surface area contributed by atoms with Gasteiger partial charge in [0, 0.05) is 5.69 Å². The van der Waals surface area contributed by atoms with Gasteiger partial charge in [-0.2, -0.15) is 0 Å². The lowest BCUT2D eigenvalue weighted by atomic mass is 9.96. The van der Waals surface area contributed by atoms with Crippen molar-refractivity contribution in [1.29, 1.82) is 0 Å². The predicted octanol–water partition coefficient (Wildman–Crippen LogP) is 5.69. The van der Waals surface area contributed by atoms with Crippen molar-refractivity contribution >= 4 is 40.2 Å². The van der Waals surface area contributed by atoms with Crippen LogP contribution in [0.25, 0.3) is 0 Å². The summed E-state index contributed by atoms with van der Waals surface area (Å²) in [6.07, 6.45) is 0.237. The minimum atomic E-state index is -0.620. The van der Waals surface area contributed by atoms with Gasteiger partial charge < -0.3 is 14.5 Å². The van der Waals surface area contributed by atoms with Crippen LogP contribution in [-0.4, -0.2) is 45.5 Å². The van der Waals surface area contributed by atoms with Crippen molar-refractivity contribution in [1.82, 2.24) is 10.2 Å². The Morgan fingerprint density at radius 2 is 1.63 bits per heavy atom. The van der Waals surface area contributed by atoms with Crippen molar-refractivity contribution in [3.63, 3.8) is 0 Å². The Bertz CT molecular complexity index is 1370. The highest BCUT2D eigenvalue weighted by molar-refractivity contribution is 8.15. The molecular formula is C30H31N3O4S. The fourth-order valence-electron chi connectivity index (χ4n) is 5.11. The van der Waals surface area contributed by atoms with Gasteiger partial charge in [0.2, 0.25) is 5.91 Å². The smallest absolute Gasteiger partial charge is 0.286 e. The SMILES string of the molecule is Cc1ccc(N2c3ccccc3C(=O)N(C(C)(C)COc3ccc(CC4SC(=O)NC4=O)cc3)C2C)cc1. The molecule has 3 aromatic carbocycles. The largest absolute Gasteiger partial charge is 0.491 e. The number of ether oxygens (including phenoxy) is 1. The highest BCUT2D eigenvalue weighted by Gasteiger charge is 2.43. The Morgan fingerprint density at radius 1 is 0.947 bits per heavy atom. The molecule has 8 heteroatoms. The summed E-state index contributed by atoms with van der Waals surface area (Å²) in [7, 11) is 0. The number of fused-ring (bicyclic) bond motifs is 1. The molecule has 196 valence electrons. The monoisotopic (exact) mass is 529 g/mol. The zero-order chi connectivity index (χ0) is 27.0. The van der Waals surface area contributed by atoms with Gasteiger partial charge in [-0.3, -0.25) is 19.7 Å². The number of hydrogen-bond donors (Lipinski definition) is 1. The molecule has 38 heavy (non-hydrogen) atoms. The summed E-state index contributed by atoms with van der Waals surface area (Å²) in [6, 6.07) is 23.6. The molecule has 0 bridgehead atoms. The number of aryl methyl sites for hydroxylation is 1. The lowest BCUT2D eigenvalue weighted by molar-refractivity contribution is -0.118. The van der Waals surface area contributed by atoms with Gasteiger partial charge in [-0.15, -0.1) is 0 Å². The molecule has 3 aromatic rings. The number of carbonyl (C=O) groups is 3. The molecule has 2 aliphatic rings. The van der Waals surface area contributed by atoms with E-state index in [0.29, 0.717) is 24.3 Å². The highest BCUT2D eigenvalue weighted by Crippen LogP contribution is 2.40. The first-order valence-corrected chi connectivity index (χ1v) is 13.5. The first-order chi connectivity index (χ1) is 18.1. The summed E-state index contributed by atoms with van der Waals surface area (Å²) < 4.78 is 6.18. The van der Waals surface area contributed by atoms with Crippen molar-refractivity contribution in [2.45, 2.75) is 51.1 Å². The quantitative estimate of drug-likeness (QED) is 0.424. The summed E-state index contributed by atoms with van der Waals surface area (Å²) in [6.45, 7) is 8.44. The maximum atomic E-state index is 13.8. The van der Waals surface area contributed by atoms with E-state index in [1.165, 1.54) is 5.56 Å². The zero-order valence-corrected chi connectivity index (χ0v) is 22.7. The van der Waals surface area contributed by atoms with Crippen LogP contribution < -0.4 is 15.0 Å². The fraction of sp³-hybridized carbons (Fsp3) is 0.300. The lowest BCUT2D eigenvalue weighted by Crippen LogP contribution is -2.62. The molecule has 2 atom stereocenters. The second kappa shape index (κ2) is 10.2. The summed E-state index contributed by atoms with van der Waals surface area (Å²) in [4.78, 5) is 41.2. The number of nitrogens with one attached hydrogen (secondary N) is 1. The van der Waals surface area contributed by atoms with Gasteiger partial charge in [-0.1, -0.05) is 53.7 Å². The Hall–Kier alpha value is -3.78. The molecule has 1 saturated heterocycles. The molecule has 1 N–H and O–H groups in total. The van der Waals surface area contributed by atoms with Gasteiger partial charge in [-0.05, 0) is 76.1 Å². The second-order valence-electron chi connectivity index (χ2n) is 10.4. The summed E-state index contributed by atoms with van der Waals surface area (Å²) in [5.41, 5.74) is 4.09. The van der Waals surface area contributed by atoms with Crippen LogP contribution >= 0.6 is 11.8 Å². The minimum Gasteiger partial charge on any atom is -0.491 e. The van der Waals surface area contributed by atoms with Gasteiger partial charge >= 0.3 is 0 Å². The molecule has 3 amide bonds. The van der Waals surface area contributed by atoms with Crippen molar-refractivity contribution in [2.75, 3.05) is 11.5 Å². The third kappa shape index (κ3) is 5.00. The van der Waals surface area contributed by atoms with Gasteiger partial charge in [0.15, 0.2) is 0 Å². The zero-order valence-electron chi connectivity index (χ0n) is 21.9. The third-order valence-electron chi connectivity index (χ3n) is 7.03. The number of hydrogen-bond acceptors (Lipinski definition) is 6. The maximum absolute atomic E-state index is 13.8. The number of nitrogens with zero attached hydrogens (tertiary/aromatic N) is 2. The first kappa shape index (κ1) is 25.9. The number of imide groups is 1. The van der Waals surface area contributed by atoms with E-state index in [4.69, 9.17) is 4.74 Å². The van der Waals surface area contributed by atoms with E-state index >= 15 is 0 Å². The van der Waals surface area contributed by atoms with Crippen LogP contribution in [0.3, 0.4) is 0 Å². The average molecular weight is 530 g/mol. The molecule has 5 rings (SSSR count). The maximum Gasteiger partial charge on any atom is 0.286 e. The number of anilines is 2. The number of rotatable bonds is 7. The second-order valence-corrected chi connectivity index (χ2v) is 11.5. The molecule has 0 saturated carbocycles. The molecule has 0 aromatic heterocycles. The standard InChI is InChI=1S/C30H31N3O4S/c1-19-9-13-22(14-10-19)32-20(2)33(28(35)24-7-5-6-8-25(24)32)30(3,4)18-37-23-15-11-21(12-16-23)17-26-27(34)31-29(36)38-26/h5-16,20,26H,17-18H2,1-4H3,(H,31,34,36). The van der Waals surface area contributed by atoms with E-state index in [2.05, 4.69) is 41.4 Å². The van der Waals surface area contributed by atoms with Crippen LogP contribution in [0.2, 0.25) is 0 Å². The molecule has 0 radical (unpaired) electrons. The van der Waals surface area contributed by atoms with Crippen LogP contribution in [0.4, 0.5) is 16.2 Å². The van der Waals surface area contributed by atoms with Crippen LogP contribution in [-0.2, 0) is 11.2 Å². The summed E-state index contributed by atoms with van der Waals surface area (Å²) >= 11 is 1.02. The van der Waals surface area contributed by atoms with E-state index in [0.717, 1.165) is 28.7 Å².